The molecule has 0 saturated heterocycles. The van der Waals surface area contributed by atoms with Gasteiger partial charge in [-0.1, -0.05) is 17.7 Å². The Kier molecular flexibility index (Phi) is 5.92. The van der Waals surface area contributed by atoms with Gasteiger partial charge in [0.2, 0.25) is 0 Å². The molecule has 2 heterocycles. The zero-order valence-corrected chi connectivity index (χ0v) is 15.4. The fourth-order valence-corrected chi connectivity index (χ4v) is 2.71. The molecule has 6 heteroatoms. The summed E-state index contributed by atoms with van der Waals surface area (Å²) in [6, 6.07) is 13.5. The Morgan fingerprint density at radius 1 is 1.04 bits per heavy atom. The highest BCUT2D eigenvalue weighted by Crippen LogP contribution is 2.32. The molecule has 2 aromatic heterocycles. The molecule has 0 fully saturated rings. The Balaban J connectivity index is 1.71. The zero-order chi connectivity index (χ0) is 18.4. The van der Waals surface area contributed by atoms with Crippen molar-refractivity contribution >= 4 is 17.3 Å². The molecule has 0 radical (unpaired) electrons. The van der Waals surface area contributed by atoms with Crippen molar-refractivity contribution in [3.8, 4) is 11.5 Å². The average molecular weight is 370 g/mol. The first kappa shape index (κ1) is 18.0. The predicted octanol–water partition coefficient (Wildman–Crippen LogP) is 4.89. The summed E-state index contributed by atoms with van der Waals surface area (Å²) in [5.74, 6) is 1.39. The summed E-state index contributed by atoms with van der Waals surface area (Å²) in [5, 5.41) is 3.86. The van der Waals surface area contributed by atoms with Gasteiger partial charge in [0.25, 0.3) is 0 Å². The van der Waals surface area contributed by atoms with Crippen LogP contribution in [0.15, 0.2) is 61.1 Å². The van der Waals surface area contributed by atoms with Gasteiger partial charge in [-0.15, -0.1) is 0 Å². The highest BCUT2D eigenvalue weighted by molar-refractivity contribution is 6.29. The van der Waals surface area contributed by atoms with Crippen LogP contribution in [0.1, 0.15) is 24.1 Å². The van der Waals surface area contributed by atoms with E-state index in [1.165, 1.54) is 0 Å². The van der Waals surface area contributed by atoms with E-state index in [0.717, 1.165) is 16.8 Å². The number of hydrogen-bond acceptors (Lipinski definition) is 5. The summed E-state index contributed by atoms with van der Waals surface area (Å²) < 4.78 is 11.4. The van der Waals surface area contributed by atoms with E-state index in [-0.39, 0.29) is 6.04 Å². The lowest BCUT2D eigenvalue weighted by Crippen LogP contribution is -2.07. The maximum Gasteiger partial charge on any atom is 0.161 e. The molecule has 0 saturated carbocycles. The van der Waals surface area contributed by atoms with Gasteiger partial charge in [-0.3, -0.25) is 4.98 Å². The standard InChI is InChI=1S/C20H20ClN3O2/c1-14(24-17-7-10-23-20(21)12-17)16-3-4-18(19(11-16)25-2)26-13-15-5-8-22-9-6-15/h3-12,14H,13H2,1-2H3,(H,23,24). The smallest absolute Gasteiger partial charge is 0.161 e. The van der Waals surface area contributed by atoms with E-state index in [1.807, 2.05) is 36.4 Å². The van der Waals surface area contributed by atoms with E-state index in [9.17, 15) is 0 Å². The molecule has 1 unspecified atom stereocenters. The number of rotatable bonds is 7. The number of halogens is 1. The molecule has 26 heavy (non-hydrogen) atoms. The number of benzene rings is 1. The van der Waals surface area contributed by atoms with E-state index in [0.29, 0.717) is 23.3 Å². The van der Waals surface area contributed by atoms with E-state index in [1.54, 1.807) is 31.8 Å². The number of aromatic nitrogens is 2. The van der Waals surface area contributed by atoms with E-state index >= 15 is 0 Å². The van der Waals surface area contributed by atoms with Gasteiger partial charge in [-0.2, -0.15) is 0 Å². The SMILES string of the molecule is COc1cc(C(C)Nc2ccnc(Cl)c2)ccc1OCc1ccncc1. The molecule has 3 rings (SSSR count). The molecule has 0 aliphatic heterocycles. The van der Waals surface area contributed by atoms with Crippen LogP contribution in [0.4, 0.5) is 5.69 Å². The summed E-state index contributed by atoms with van der Waals surface area (Å²) in [5.41, 5.74) is 3.04. The van der Waals surface area contributed by atoms with Crippen molar-refractivity contribution in [1.29, 1.82) is 0 Å². The first-order valence-electron chi connectivity index (χ1n) is 8.23. The topological polar surface area (TPSA) is 56.3 Å². The molecule has 0 spiro atoms. The molecule has 134 valence electrons. The molecule has 1 atom stereocenters. The molecular weight excluding hydrogens is 350 g/mol. The van der Waals surface area contributed by atoms with Crippen LogP contribution < -0.4 is 14.8 Å². The minimum atomic E-state index is 0.0663. The maximum atomic E-state index is 5.94. The Labute approximate surface area is 158 Å². The molecule has 0 aliphatic carbocycles. The molecule has 1 aromatic carbocycles. The molecule has 0 aliphatic rings. The van der Waals surface area contributed by atoms with Crippen LogP contribution in [0.2, 0.25) is 5.15 Å². The number of nitrogens with one attached hydrogen (secondary N) is 1. The van der Waals surface area contributed by atoms with Crippen LogP contribution in [-0.4, -0.2) is 17.1 Å². The van der Waals surface area contributed by atoms with Crippen molar-refractivity contribution < 1.29 is 9.47 Å². The minimum absolute atomic E-state index is 0.0663. The Morgan fingerprint density at radius 2 is 1.85 bits per heavy atom. The lowest BCUT2D eigenvalue weighted by atomic mass is 10.1. The lowest BCUT2D eigenvalue weighted by Gasteiger charge is -2.18. The van der Waals surface area contributed by atoms with Gasteiger partial charge < -0.3 is 14.8 Å². The van der Waals surface area contributed by atoms with Crippen molar-refractivity contribution in [3.05, 3.63) is 77.3 Å². The Hall–Kier alpha value is -2.79. The third-order valence-electron chi connectivity index (χ3n) is 3.94. The second kappa shape index (κ2) is 8.54. The normalized spacial score (nSPS) is 11.7. The van der Waals surface area contributed by atoms with Crippen LogP contribution in [-0.2, 0) is 6.61 Å². The second-order valence-corrected chi connectivity index (χ2v) is 6.17. The van der Waals surface area contributed by atoms with Crippen molar-refractivity contribution in [2.75, 3.05) is 12.4 Å². The molecule has 5 nitrogen and oxygen atoms in total. The highest BCUT2D eigenvalue weighted by Gasteiger charge is 2.11. The quantitative estimate of drug-likeness (QED) is 0.601. The number of ether oxygens (including phenoxy) is 2. The van der Waals surface area contributed by atoms with Gasteiger partial charge in [0.05, 0.1) is 7.11 Å². The summed E-state index contributed by atoms with van der Waals surface area (Å²) in [6.07, 6.45) is 5.17. The van der Waals surface area contributed by atoms with Crippen molar-refractivity contribution in [2.45, 2.75) is 19.6 Å². The summed E-state index contributed by atoms with van der Waals surface area (Å²) >= 11 is 5.94. The van der Waals surface area contributed by atoms with E-state index in [2.05, 4.69) is 22.2 Å². The maximum absolute atomic E-state index is 5.94. The van der Waals surface area contributed by atoms with E-state index in [4.69, 9.17) is 21.1 Å². The van der Waals surface area contributed by atoms with E-state index < -0.39 is 0 Å². The first-order valence-corrected chi connectivity index (χ1v) is 8.61. The summed E-state index contributed by atoms with van der Waals surface area (Å²) in [7, 11) is 1.64. The van der Waals surface area contributed by atoms with Crippen molar-refractivity contribution in [2.24, 2.45) is 0 Å². The second-order valence-electron chi connectivity index (χ2n) is 5.79. The third kappa shape index (κ3) is 4.64. The van der Waals surface area contributed by atoms with Gasteiger partial charge in [0.1, 0.15) is 11.8 Å². The Morgan fingerprint density at radius 3 is 2.58 bits per heavy atom. The van der Waals surface area contributed by atoms with Crippen molar-refractivity contribution in [1.82, 2.24) is 9.97 Å². The fourth-order valence-electron chi connectivity index (χ4n) is 2.54. The van der Waals surface area contributed by atoms with Crippen LogP contribution in [0, 0.1) is 0 Å². The average Bonchev–Trinajstić information content (AvgIpc) is 2.67. The minimum Gasteiger partial charge on any atom is -0.493 e. The zero-order valence-electron chi connectivity index (χ0n) is 14.6. The van der Waals surface area contributed by atoms with Gasteiger partial charge in [0.15, 0.2) is 11.5 Å². The largest absolute Gasteiger partial charge is 0.493 e. The molecule has 1 N–H and O–H groups in total. The fraction of sp³-hybridized carbons (Fsp3) is 0.200. The number of pyridine rings is 2. The lowest BCUT2D eigenvalue weighted by molar-refractivity contribution is 0.284. The van der Waals surface area contributed by atoms with Gasteiger partial charge in [-0.05, 0) is 54.4 Å². The van der Waals surface area contributed by atoms with Gasteiger partial charge in [0, 0.05) is 30.3 Å². The summed E-state index contributed by atoms with van der Waals surface area (Å²) in [4.78, 5) is 7.99. The summed E-state index contributed by atoms with van der Waals surface area (Å²) in [6.45, 7) is 2.53. The predicted molar refractivity (Wildman–Crippen MR) is 103 cm³/mol. The van der Waals surface area contributed by atoms with Crippen LogP contribution in [0.3, 0.4) is 0 Å². The van der Waals surface area contributed by atoms with Crippen LogP contribution in [0.25, 0.3) is 0 Å². The molecule has 3 aromatic rings. The number of methoxy groups -OCH3 is 1. The first-order chi connectivity index (χ1) is 12.7. The monoisotopic (exact) mass is 369 g/mol. The molecule has 0 amide bonds. The molecule has 0 bridgehead atoms. The number of anilines is 1. The number of hydrogen-bond donors (Lipinski definition) is 1. The number of nitrogens with zero attached hydrogens (tertiary/aromatic N) is 2. The van der Waals surface area contributed by atoms with Crippen LogP contribution >= 0.6 is 11.6 Å². The molecular formula is C20H20ClN3O2. The van der Waals surface area contributed by atoms with Crippen molar-refractivity contribution in [3.63, 3.8) is 0 Å². The van der Waals surface area contributed by atoms with Gasteiger partial charge >= 0.3 is 0 Å². The Bertz CT molecular complexity index is 859. The van der Waals surface area contributed by atoms with Crippen LogP contribution in [0.5, 0.6) is 11.5 Å². The third-order valence-corrected chi connectivity index (χ3v) is 4.15. The van der Waals surface area contributed by atoms with Gasteiger partial charge in [-0.25, -0.2) is 4.98 Å². The highest BCUT2D eigenvalue weighted by atomic mass is 35.5.